The smallest absolute Gasteiger partial charge is 0.245 e. The third-order valence-electron chi connectivity index (χ3n) is 15.8. The summed E-state index contributed by atoms with van der Waals surface area (Å²) in [6, 6.07) is 2.82. The number of hydrogen-bond donors (Lipinski definition) is 18. The molecule has 0 bridgehead atoms. The Morgan fingerprint density at radius 3 is 1.77 bits per heavy atom. The number of thioether (sulfide) groups is 2. The normalized spacial score (nSPS) is 21.7. The van der Waals surface area contributed by atoms with Crippen molar-refractivity contribution in [2.24, 2.45) is 66.8 Å². The van der Waals surface area contributed by atoms with Gasteiger partial charge in [0.25, 0.3) is 0 Å². The Bertz CT molecular complexity index is 3060. The van der Waals surface area contributed by atoms with Gasteiger partial charge in [-0.2, -0.15) is 23.5 Å². The van der Waals surface area contributed by atoms with Gasteiger partial charge in [-0.15, -0.1) is 0 Å². The number of benzene rings is 2. The van der Waals surface area contributed by atoms with Gasteiger partial charge in [-0.1, -0.05) is 62.7 Å². The second kappa shape index (κ2) is 40.3. The van der Waals surface area contributed by atoms with Crippen molar-refractivity contribution in [1.29, 1.82) is 0 Å². The van der Waals surface area contributed by atoms with Gasteiger partial charge in [0, 0.05) is 54.6 Å². The summed E-state index contributed by atoms with van der Waals surface area (Å²) in [6.07, 6.45) is 1.02. The number of aliphatic imine (C=N–C) groups is 3. The van der Waals surface area contributed by atoms with E-state index in [4.69, 9.17) is 45.9 Å². The Kier molecular flexibility index (Phi) is 33.3. The lowest BCUT2D eigenvalue weighted by molar-refractivity contribution is -0.143. The number of fused-ring (bicyclic) bond motifs is 1. The molecule has 35 heteroatoms. The molecule has 2 heterocycles. The van der Waals surface area contributed by atoms with E-state index in [2.05, 4.69) is 62.8 Å². The molecular formula is C61H97N21O12S2. The molecule has 2 aromatic rings. The molecule has 33 nitrogen and oxygen atoms in total. The fourth-order valence-electron chi connectivity index (χ4n) is 10.3. The van der Waals surface area contributed by atoms with Crippen molar-refractivity contribution in [1.82, 2.24) is 52.8 Å². The molecular weight excluding hydrogens is 1280 g/mol. The predicted molar refractivity (Wildman–Crippen MR) is 366 cm³/mol. The average molecular weight is 1380 g/mol. The molecule has 0 aliphatic carbocycles. The van der Waals surface area contributed by atoms with E-state index in [0.29, 0.717) is 24.0 Å². The predicted octanol–water partition coefficient (Wildman–Crippen LogP) is -4.93. The summed E-state index contributed by atoms with van der Waals surface area (Å²) < 4.78 is -1.09. The molecule has 10 atom stereocenters. The van der Waals surface area contributed by atoms with E-state index in [1.54, 1.807) is 70.2 Å². The number of nitrogens with zero attached hydrogens (tertiary/aromatic N) is 4. The van der Waals surface area contributed by atoms with Crippen molar-refractivity contribution < 1.29 is 57.8 Å². The zero-order valence-corrected chi connectivity index (χ0v) is 56.4. The Labute approximate surface area is 566 Å². The molecule has 4 rings (SSSR count). The highest BCUT2D eigenvalue weighted by atomic mass is 32.2. The average Bonchev–Trinajstić information content (AvgIpc) is 1.79. The molecule has 2 saturated heterocycles. The van der Waals surface area contributed by atoms with Crippen LogP contribution in [0.3, 0.4) is 0 Å². The Morgan fingerprint density at radius 2 is 1.20 bits per heavy atom. The van der Waals surface area contributed by atoms with Crippen molar-refractivity contribution in [2.75, 3.05) is 56.5 Å². The molecule has 11 amide bonds. The van der Waals surface area contributed by atoms with Crippen LogP contribution in [0.15, 0.2) is 69.6 Å². The fraction of sp³-hybridized carbons (Fsp3) is 0.574. The maximum Gasteiger partial charge on any atom is 0.245 e. The summed E-state index contributed by atoms with van der Waals surface area (Å²) in [4.78, 5) is 169. The number of hydrogen-bond acceptors (Lipinski definition) is 18. The highest BCUT2D eigenvalue weighted by Crippen LogP contribution is 2.30. The van der Waals surface area contributed by atoms with Crippen LogP contribution in [0.4, 0.5) is 0 Å². The number of nitrogens with two attached hydrogens (primary N) is 8. The van der Waals surface area contributed by atoms with E-state index in [0.717, 1.165) is 0 Å². The molecule has 0 unspecified atom stereocenters. The molecule has 0 aromatic heterocycles. The maximum atomic E-state index is 14.9. The van der Waals surface area contributed by atoms with Crippen molar-refractivity contribution >= 4 is 106 Å². The molecule has 96 heavy (non-hydrogen) atoms. The number of carbonyl (C=O) groups excluding carboxylic acids is 11. The Morgan fingerprint density at radius 1 is 0.656 bits per heavy atom. The highest BCUT2D eigenvalue weighted by molar-refractivity contribution is 8.03. The van der Waals surface area contributed by atoms with Crippen LogP contribution in [0.2, 0.25) is 0 Å². The number of nitrogens with one attached hydrogen (secondary N) is 9. The van der Waals surface area contributed by atoms with E-state index in [-0.39, 0.29) is 125 Å². The van der Waals surface area contributed by atoms with Crippen LogP contribution in [0.1, 0.15) is 96.6 Å². The van der Waals surface area contributed by atoms with E-state index in [1.165, 1.54) is 40.6 Å². The van der Waals surface area contributed by atoms with Crippen molar-refractivity contribution in [3.8, 4) is 5.75 Å². The Hall–Kier alpha value is -9.12. The lowest BCUT2D eigenvalue weighted by Gasteiger charge is -2.35. The molecule has 2 aliphatic rings. The molecule has 2 aliphatic heterocycles. The van der Waals surface area contributed by atoms with E-state index < -0.39 is 143 Å². The van der Waals surface area contributed by atoms with Crippen LogP contribution in [-0.2, 0) is 65.6 Å². The van der Waals surface area contributed by atoms with Crippen LogP contribution < -0.4 is 93.7 Å². The summed E-state index contributed by atoms with van der Waals surface area (Å²) in [5.41, 5.74) is 47.0. The monoisotopic (exact) mass is 1380 g/mol. The number of phenolic OH excluding ortho intramolecular Hbond substituents is 1. The van der Waals surface area contributed by atoms with Crippen LogP contribution >= 0.6 is 23.5 Å². The van der Waals surface area contributed by atoms with Crippen LogP contribution in [0.5, 0.6) is 5.75 Å². The van der Waals surface area contributed by atoms with Gasteiger partial charge in [-0.05, 0) is 101 Å². The standard InChI is InChI=1S/C61H97N21O12S2/c1-5-34(2)47-56(93)78-41(17-11-25-72-60(68)69)57(94)82-26-12-18-44(82)55(92)81-48(49(63)86)61(3,4)96-28-27-95-33-43(54(91)77-39(15-9-23-70-58(64)65)51(88)76-40(52(89)80-47)16-10-24-71-59(66)67)79-53(90)42(30-35-13-7-6-8-14-35)75-46(85)32-73-45(84)31-74-50(87)38(62)29-36-19-21-37(83)22-20-36/h6-8,13-14,19-22,34,38-44,47-48,83H,5,9-12,15-18,23-33,62H2,1-4H3,(H2,63,86)(H,73,84)(H,74,87)(H,75,85)(H,76,88)(H,77,91)(H,78,93)(H,79,90)(H,80,89)(H,81,92)(H4,64,65,70)(H4,66,67,71)(H4,68,69,72)/t34-,38-,39-,40-,41-,42-,43+,44-,47-,48-/m0/s1. The summed E-state index contributed by atoms with van der Waals surface area (Å²) in [7, 11) is 0. The van der Waals surface area contributed by atoms with Gasteiger partial charge in [0.15, 0.2) is 17.9 Å². The quantitative estimate of drug-likeness (QED) is 0.0226. The topological polar surface area (TPSA) is 565 Å². The number of amides is 11. The minimum absolute atomic E-state index is 0.00745. The number of primary amides is 1. The summed E-state index contributed by atoms with van der Waals surface area (Å²) in [5.74, 6) is -9.59. The van der Waals surface area contributed by atoms with Gasteiger partial charge >= 0.3 is 0 Å². The molecule has 26 N–H and O–H groups in total. The maximum absolute atomic E-state index is 14.9. The van der Waals surface area contributed by atoms with Crippen molar-refractivity contribution in [2.45, 2.75) is 157 Å². The molecule has 0 radical (unpaired) electrons. The lowest BCUT2D eigenvalue weighted by Crippen LogP contribution is -2.62. The van der Waals surface area contributed by atoms with Gasteiger partial charge in [0.1, 0.15) is 54.1 Å². The van der Waals surface area contributed by atoms with Gasteiger partial charge < -0.3 is 104 Å². The number of guanidine groups is 3. The number of phenols is 1. The first-order chi connectivity index (χ1) is 45.5. The third kappa shape index (κ3) is 27.7. The van der Waals surface area contributed by atoms with Gasteiger partial charge in [0.2, 0.25) is 65.0 Å². The second-order valence-corrected chi connectivity index (χ2v) is 26.7. The number of aromatic hydroxyl groups is 1. The molecule has 530 valence electrons. The van der Waals surface area contributed by atoms with Gasteiger partial charge in [0.05, 0.1) is 19.1 Å². The van der Waals surface area contributed by atoms with E-state index >= 15 is 0 Å². The molecule has 0 saturated carbocycles. The summed E-state index contributed by atoms with van der Waals surface area (Å²) >= 11 is 2.45. The summed E-state index contributed by atoms with van der Waals surface area (Å²) in [5, 5.41) is 33.6. The lowest BCUT2D eigenvalue weighted by atomic mass is 9.96. The van der Waals surface area contributed by atoms with Gasteiger partial charge in [-0.25, -0.2) is 0 Å². The molecule has 2 aromatic carbocycles. The second-order valence-electron chi connectivity index (χ2n) is 23.8. The van der Waals surface area contributed by atoms with Crippen LogP contribution in [0, 0.1) is 5.92 Å². The van der Waals surface area contributed by atoms with Crippen molar-refractivity contribution in [3.63, 3.8) is 0 Å². The van der Waals surface area contributed by atoms with Crippen molar-refractivity contribution in [3.05, 3.63) is 65.7 Å². The number of rotatable bonds is 27. The van der Waals surface area contributed by atoms with Crippen LogP contribution in [-0.4, -0.2) is 209 Å². The SMILES string of the molecule is CC[C@H](C)[C@@H]1NC(=O)[C@H](CCCN=C(N)N)NC(=O)[C@H](CCCN=C(N)N)NC(=O)[C@H](NC(=O)[C@H](Cc2ccccc2)NC(=O)CNC(=O)CNC(=O)[C@@H](N)Cc2ccc(O)cc2)CSCCSC(C)(C)[C@H](C(N)=O)NC(=O)[C@@H]2CCCN2C(=O)[C@H](CCCN=C(N)N)NC1=O. The minimum atomic E-state index is -1.47. The minimum Gasteiger partial charge on any atom is -0.508 e. The van der Waals surface area contributed by atoms with E-state index in [1.807, 2.05) is 0 Å². The van der Waals surface area contributed by atoms with Gasteiger partial charge in [-0.3, -0.25) is 67.7 Å². The zero-order chi connectivity index (χ0) is 71.1. The molecule has 0 spiro atoms. The Balaban J connectivity index is 1.75. The van der Waals surface area contributed by atoms with E-state index in [9.17, 15) is 57.8 Å². The third-order valence-corrected chi connectivity index (χ3v) is 18.5. The van der Waals surface area contributed by atoms with Crippen LogP contribution in [0.25, 0.3) is 0 Å². The zero-order valence-electron chi connectivity index (χ0n) is 54.8. The largest absolute Gasteiger partial charge is 0.508 e. The molecule has 2 fully saturated rings. The number of carbonyl (C=O) groups is 11. The first kappa shape index (κ1) is 79.3. The first-order valence-corrected chi connectivity index (χ1v) is 33.8. The first-order valence-electron chi connectivity index (χ1n) is 31.7. The summed E-state index contributed by atoms with van der Waals surface area (Å²) in [6.45, 7) is 5.84. The fourth-order valence-corrected chi connectivity index (χ4v) is 12.6. The highest BCUT2D eigenvalue weighted by Gasteiger charge is 2.43.